The van der Waals surface area contributed by atoms with Gasteiger partial charge in [-0.2, -0.15) is 0 Å². The summed E-state index contributed by atoms with van der Waals surface area (Å²) in [5.74, 6) is 0.590. The van der Waals surface area contributed by atoms with Crippen LogP contribution in [-0.4, -0.2) is 4.98 Å². The van der Waals surface area contributed by atoms with Gasteiger partial charge in [-0.3, -0.25) is 0 Å². The van der Waals surface area contributed by atoms with Gasteiger partial charge in [0.25, 0.3) is 0 Å². The Morgan fingerprint density at radius 3 is 2.31 bits per heavy atom. The van der Waals surface area contributed by atoms with Crippen LogP contribution in [0.3, 0.4) is 0 Å². The molecule has 0 saturated heterocycles. The van der Waals surface area contributed by atoms with Crippen molar-refractivity contribution in [2.24, 2.45) is 5.92 Å². The summed E-state index contributed by atoms with van der Waals surface area (Å²) in [4.78, 5) is 5.17. The van der Waals surface area contributed by atoms with Crippen molar-refractivity contribution in [3.63, 3.8) is 0 Å². The minimum Gasteiger partial charge on any atom is -0.248 e. The van der Waals surface area contributed by atoms with Crippen molar-refractivity contribution < 1.29 is 0 Å². The number of fused-ring (bicyclic) bond motifs is 1. The van der Waals surface area contributed by atoms with Gasteiger partial charge in [0.1, 0.15) is 0 Å². The zero-order valence-electron chi connectivity index (χ0n) is 20.2. The third-order valence-electron chi connectivity index (χ3n) is 6.36. The monoisotopic (exact) mass is 421 g/mol. The standard InChI is InChI=1S/C31H35N/c1-6-7-11-25-17-22(4)18-28(23(25)5)31-20-27(16-21(2)3)29-19-26(14-15-30(29)32-31)24-12-9-8-10-13-24/h8-10,12-15,17-21H,6-7,11,16H2,1-5H3. The molecule has 3 aromatic carbocycles. The number of rotatable bonds is 7. The van der Waals surface area contributed by atoms with Crippen molar-refractivity contribution in [3.05, 3.63) is 89.0 Å². The van der Waals surface area contributed by atoms with Crippen molar-refractivity contribution in [3.8, 4) is 22.4 Å². The topological polar surface area (TPSA) is 12.9 Å². The molecule has 0 aliphatic carbocycles. The van der Waals surface area contributed by atoms with E-state index in [0.717, 1.165) is 24.1 Å². The minimum atomic E-state index is 0.590. The van der Waals surface area contributed by atoms with E-state index in [2.05, 4.69) is 101 Å². The van der Waals surface area contributed by atoms with Crippen LogP contribution in [0.25, 0.3) is 33.3 Å². The Balaban J connectivity index is 1.88. The van der Waals surface area contributed by atoms with E-state index in [-0.39, 0.29) is 0 Å². The molecule has 164 valence electrons. The molecular weight excluding hydrogens is 386 g/mol. The Morgan fingerprint density at radius 1 is 0.812 bits per heavy atom. The van der Waals surface area contributed by atoms with E-state index >= 15 is 0 Å². The second-order valence-corrected chi connectivity index (χ2v) is 9.56. The van der Waals surface area contributed by atoms with Crippen LogP contribution in [0.15, 0.2) is 66.7 Å². The molecule has 0 bridgehead atoms. The average Bonchev–Trinajstić information content (AvgIpc) is 2.79. The van der Waals surface area contributed by atoms with Crippen molar-refractivity contribution in [1.82, 2.24) is 4.98 Å². The number of hydrogen-bond donors (Lipinski definition) is 0. The van der Waals surface area contributed by atoms with E-state index in [0.29, 0.717) is 5.92 Å². The van der Waals surface area contributed by atoms with E-state index < -0.39 is 0 Å². The van der Waals surface area contributed by atoms with Gasteiger partial charge in [-0.15, -0.1) is 0 Å². The molecule has 1 heterocycles. The first-order chi connectivity index (χ1) is 15.5. The minimum absolute atomic E-state index is 0.590. The van der Waals surface area contributed by atoms with Crippen LogP contribution >= 0.6 is 0 Å². The summed E-state index contributed by atoms with van der Waals surface area (Å²) in [5, 5.41) is 1.28. The maximum absolute atomic E-state index is 5.17. The molecule has 0 radical (unpaired) electrons. The fraction of sp³-hybridized carbons (Fsp3) is 0.323. The van der Waals surface area contributed by atoms with Crippen LogP contribution in [0.4, 0.5) is 0 Å². The number of hydrogen-bond acceptors (Lipinski definition) is 1. The first-order valence-corrected chi connectivity index (χ1v) is 12.1. The molecule has 1 nitrogen and oxygen atoms in total. The molecule has 0 aliphatic heterocycles. The van der Waals surface area contributed by atoms with Crippen LogP contribution in [0.2, 0.25) is 0 Å². The summed E-state index contributed by atoms with van der Waals surface area (Å²) in [6, 6.07) is 24.4. The van der Waals surface area contributed by atoms with E-state index in [1.807, 2.05) is 0 Å². The van der Waals surface area contributed by atoms with Crippen molar-refractivity contribution in [2.45, 2.75) is 60.3 Å². The summed E-state index contributed by atoms with van der Waals surface area (Å²) < 4.78 is 0. The Bertz CT molecular complexity index is 1220. The molecule has 4 aromatic rings. The average molecular weight is 422 g/mol. The van der Waals surface area contributed by atoms with Gasteiger partial charge in [0.05, 0.1) is 11.2 Å². The molecular formula is C31H35N. The Morgan fingerprint density at radius 2 is 1.59 bits per heavy atom. The van der Waals surface area contributed by atoms with E-state index in [4.69, 9.17) is 4.98 Å². The highest BCUT2D eigenvalue weighted by Crippen LogP contribution is 2.33. The summed E-state index contributed by atoms with van der Waals surface area (Å²) in [7, 11) is 0. The van der Waals surface area contributed by atoms with Gasteiger partial charge in [-0.1, -0.05) is 75.2 Å². The highest BCUT2D eigenvalue weighted by Gasteiger charge is 2.14. The highest BCUT2D eigenvalue weighted by molar-refractivity contribution is 5.89. The molecule has 0 N–H and O–H groups in total. The number of pyridine rings is 1. The lowest BCUT2D eigenvalue weighted by Crippen LogP contribution is -2.00. The molecule has 0 unspecified atom stereocenters. The van der Waals surface area contributed by atoms with Crippen molar-refractivity contribution >= 4 is 10.9 Å². The molecule has 1 heteroatoms. The van der Waals surface area contributed by atoms with Crippen molar-refractivity contribution in [2.75, 3.05) is 0 Å². The Labute approximate surface area is 193 Å². The lowest BCUT2D eigenvalue weighted by Gasteiger charge is -2.16. The molecule has 0 amide bonds. The number of aryl methyl sites for hydroxylation is 2. The second kappa shape index (κ2) is 9.69. The maximum atomic E-state index is 5.17. The molecule has 0 fully saturated rings. The summed E-state index contributed by atoms with van der Waals surface area (Å²) in [6.07, 6.45) is 4.65. The van der Waals surface area contributed by atoms with Gasteiger partial charge in [-0.25, -0.2) is 4.98 Å². The van der Waals surface area contributed by atoms with E-state index in [1.165, 1.54) is 57.2 Å². The molecule has 0 aliphatic rings. The van der Waals surface area contributed by atoms with E-state index in [9.17, 15) is 0 Å². The zero-order valence-corrected chi connectivity index (χ0v) is 20.2. The molecule has 0 saturated carbocycles. The molecule has 4 rings (SSSR count). The molecule has 1 aromatic heterocycles. The second-order valence-electron chi connectivity index (χ2n) is 9.56. The molecule has 32 heavy (non-hydrogen) atoms. The number of aromatic nitrogens is 1. The van der Waals surface area contributed by atoms with Crippen LogP contribution < -0.4 is 0 Å². The van der Waals surface area contributed by atoms with Gasteiger partial charge in [-0.05, 0) is 91.1 Å². The van der Waals surface area contributed by atoms with Gasteiger partial charge in [0, 0.05) is 10.9 Å². The van der Waals surface area contributed by atoms with Gasteiger partial charge >= 0.3 is 0 Å². The van der Waals surface area contributed by atoms with Crippen LogP contribution in [0, 0.1) is 19.8 Å². The predicted molar refractivity (Wildman–Crippen MR) is 139 cm³/mol. The first kappa shape index (κ1) is 22.3. The lowest BCUT2D eigenvalue weighted by molar-refractivity contribution is 0.650. The fourth-order valence-electron chi connectivity index (χ4n) is 4.68. The number of unbranched alkanes of at least 4 members (excludes halogenated alkanes) is 1. The maximum Gasteiger partial charge on any atom is 0.0715 e. The SMILES string of the molecule is CCCCc1cc(C)cc(-c2cc(CC(C)C)c3cc(-c4ccccc4)ccc3n2)c1C. The summed E-state index contributed by atoms with van der Waals surface area (Å²) in [6.45, 7) is 11.3. The third kappa shape index (κ3) is 4.78. The summed E-state index contributed by atoms with van der Waals surface area (Å²) >= 11 is 0. The quantitative estimate of drug-likeness (QED) is 0.291. The van der Waals surface area contributed by atoms with E-state index in [1.54, 1.807) is 0 Å². The Kier molecular flexibility index (Phi) is 6.74. The number of nitrogens with zero attached hydrogens (tertiary/aromatic N) is 1. The lowest BCUT2D eigenvalue weighted by atomic mass is 9.91. The predicted octanol–water partition coefficient (Wildman–Crippen LogP) is 8.73. The molecule has 0 spiro atoms. The molecule has 0 atom stereocenters. The zero-order chi connectivity index (χ0) is 22.7. The first-order valence-electron chi connectivity index (χ1n) is 12.1. The van der Waals surface area contributed by atoms with Crippen LogP contribution in [0.5, 0.6) is 0 Å². The third-order valence-corrected chi connectivity index (χ3v) is 6.36. The number of benzene rings is 3. The van der Waals surface area contributed by atoms with Crippen LogP contribution in [-0.2, 0) is 12.8 Å². The van der Waals surface area contributed by atoms with Gasteiger partial charge in [0.15, 0.2) is 0 Å². The summed E-state index contributed by atoms with van der Waals surface area (Å²) in [5.41, 5.74) is 11.6. The largest absolute Gasteiger partial charge is 0.248 e. The van der Waals surface area contributed by atoms with Crippen LogP contribution in [0.1, 0.15) is 55.9 Å². The highest BCUT2D eigenvalue weighted by atomic mass is 14.7. The van der Waals surface area contributed by atoms with Gasteiger partial charge < -0.3 is 0 Å². The van der Waals surface area contributed by atoms with Gasteiger partial charge in [0.2, 0.25) is 0 Å². The normalized spacial score (nSPS) is 11.4. The fourth-order valence-corrected chi connectivity index (χ4v) is 4.68. The Hall–Kier alpha value is -2.93. The smallest absolute Gasteiger partial charge is 0.0715 e. The van der Waals surface area contributed by atoms with Crippen molar-refractivity contribution in [1.29, 1.82) is 0 Å².